The van der Waals surface area contributed by atoms with Gasteiger partial charge in [-0.1, -0.05) is 0 Å². The van der Waals surface area contributed by atoms with E-state index >= 15 is 0 Å². The highest BCUT2D eigenvalue weighted by Crippen LogP contribution is 2.27. The molecular formula is C16H11F2N3O3. The maximum absolute atomic E-state index is 13.3. The summed E-state index contributed by atoms with van der Waals surface area (Å²) in [5.74, 6) is -0.934. The molecule has 0 saturated heterocycles. The molecule has 24 heavy (non-hydrogen) atoms. The van der Waals surface area contributed by atoms with Crippen molar-refractivity contribution in [2.45, 2.75) is 13.0 Å². The monoisotopic (exact) mass is 331 g/mol. The maximum Gasteiger partial charge on any atom is 0.276 e. The molecule has 0 fully saturated rings. The predicted octanol–water partition coefficient (Wildman–Crippen LogP) is 2.81. The Balaban J connectivity index is 1.61. The van der Waals surface area contributed by atoms with Gasteiger partial charge in [0.2, 0.25) is 5.89 Å². The van der Waals surface area contributed by atoms with E-state index in [1.165, 1.54) is 12.7 Å². The Morgan fingerprint density at radius 3 is 2.71 bits per heavy atom. The molecule has 0 unspecified atom stereocenters. The van der Waals surface area contributed by atoms with Gasteiger partial charge in [-0.25, -0.2) is 18.7 Å². The van der Waals surface area contributed by atoms with Crippen LogP contribution in [0.25, 0.3) is 11.5 Å². The summed E-state index contributed by atoms with van der Waals surface area (Å²) in [5, 5.41) is 0. The van der Waals surface area contributed by atoms with Crippen molar-refractivity contribution in [2.75, 3.05) is 6.54 Å². The fourth-order valence-corrected chi connectivity index (χ4v) is 2.65. The van der Waals surface area contributed by atoms with Crippen LogP contribution in [0.1, 0.15) is 21.9 Å². The lowest BCUT2D eigenvalue weighted by atomic mass is 10.1. The smallest absolute Gasteiger partial charge is 0.276 e. The van der Waals surface area contributed by atoms with Crippen LogP contribution in [0.4, 0.5) is 8.78 Å². The molecule has 0 saturated carbocycles. The lowest BCUT2D eigenvalue weighted by Gasteiger charge is -2.24. The number of hydrogen-bond acceptors (Lipinski definition) is 5. The number of benzene rings is 1. The Bertz CT molecular complexity index is 885. The number of rotatable bonds is 2. The Hall–Kier alpha value is -3.03. The average Bonchev–Trinajstić information content (AvgIpc) is 3.22. The van der Waals surface area contributed by atoms with E-state index in [4.69, 9.17) is 8.83 Å². The molecule has 6 nitrogen and oxygen atoms in total. The molecule has 1 aliphatic heterocycles. The SMILES string of the molecule is O=C(c1cocn1)N1CCc2oc(-c3cc(F)cc(F)c3)nc2C1. The molecule has 2 aromatic heterocycles. The van der Waals surface area contributed by atoms with E-state index < -0.39 is 11.6 Å². The van der Waals surface area contributed by atoms with Crippen LogP contribution in [0.2, 0.25) is 0 Å². The third kappa shape index (κ3) is 2.55. The standard InChI is InChI=1S/C16H11F2N3O3/c17-10-3-9(4-11(18)5-10)15-20-12-6-21(2-1-14(12)24-15)16(22)13-7-23-8-19-13/h3-5,7-8H,1-2,6H2. The average molecular weight is 331 g/mol. The number of amides is 1. The lowest BCUT2D eigenvalue weighted by Crippen LogP contribution is -2.36. The molecule has 0 N–H and O–H groups in total. The number of fused-ring (bicyclic) bond motifs is 1. The van der Waals surface area contributed by atoms with Crippen molar-refractivity contribution in [3.63, 3.8) is 0 Å². The highest BCUT2D eigenvalue weighted by Gasteiger charge is 2.27. The van der Waals surface area contributed by atoms with Crippen molar-refractivity contribution in [1.29, 1.82) is 0 Å². The van der Waals surface area contributed by atoms with Crippen LogP contribution in [0.5, 0.6) is 0 Å². The molecule has 0 spiro atoms. The van der Waals surface area contributed by atoms with Gasteiger partial charge in [0.1, 0.15) is 29.4 Å². The summed E-state index contributed by atoms with van der Waals surface area (Å²) < 4.78 is 37.1. The lowest BCUT2D eigenvalue weighted by molar-refractivity contribution is 0.0722. The summed E-state index contributed by atoms with van der Waals surface area (Å²) in [6.07, 6.45) is 2.93. The summed E-state index contributed by atoms with van der Waals surface area (Å²) in [6.45, 7) is 0.674. The van der Waals surface area contributed by atoms with Crippen LogP contribution in [-0.2, 0) is 13.0 Å². The van der Waals surface area contributed by atoms with Crippen LogP contribution in [0.15, 0.2) is 39.7 Å². The van der Waals surface area contributed by atoms with Crippen LogP contribution in [0.3, 0.4) is 0 Å². The van der Waals surface area contributed by atoms with E-state index in [9.17, 15) is 13.6 Å². The maximum atomic E-state index is 13.3. The number of nitrogens with zero attached hydrogens (tertiary/aromatic N) is 3. The number of carbonyl (C=O) groups is 1. The van der Waals surface area contributed by atoms with Gasteiger partial charge >= 0.3 is 0 Å². The van der Waals surface area contributed by atoms with Gasteiger partial charge in [0.05, 0.1) is 6.54 Å². The second-order valence-electron chi connectivity index (χ2n) is 5.40. The minimum absolute atomic E-state index is 0.133. The summed E-state index contributed by atoms with van der Waals surface area (Å²) >= 11 is 0. The van der Waals surface area contributed by atoms with Gasteiger partial charge in [0.25, 0.3) is 5.91 Å². The molecule has 1 amide bonds. The third-order valence-corrected chi connectivity index (χ3v) is 3.78. The molecule has 3 heterocycles. The van der Waals surface area contributed by atoms with Gasteiger partial charge in [-0.2, -0.15) is 0 Å². The molecule has 0 radical (unpaired) electrons. The summed E-state index contributed by atoms with van der Waals surface area (Å²) in [7, 11) is 0. The first-order valence-electron chi connectivity index (χ1n) is 7.22. The molecule has 8 heteroatoms. The second kappa shape index (κ2) is 5.55. The van der Waals surface area contributed by atoms with Crippen molar-refractivity contribution >= 4 is 5.91 Å². The van der Waals surface area contributed by atoms with Crippen molar-refractivity contribution in [3.8, 4) is 11.5 Å². The number of aromatic nitrogens is 2. The predicted molar refractivity (Wildman–Crippen MR) is 76.8 cm³/mol. The van der Waals surface area contributed by atoms with Gasteiger partial charge in [-0.05, 0) is 12.1 Å². The summed E-state index contributed by atoms with van der Waals surface area (Å²) in [6, 6.07) is 3.09. The summed E-state index contributed by atoms with van der Waals surface area (Å²) in [5.41, 5.74) is 1.00. The van der Waals surface area contributed by atoms with Crippen LogP contribution < -0.4 is 0 Å². The molecule has 0 aliphatic carbocycles. The van der Waals surface area contributed by atoms with Gasteiger partial charge in [0, 0.05) is 24.6 Å². The highest BCUT2D eigenvalue weighted by atomic mass is 19.1. The molecule has 122 valence electrons. The van der Waals surface area contributed by atoms with Crippen LogP contribution in [-0.4, -0.2) is 27.3 Å². The van der Waals surface area contributed by atoms with Crippen molar-refractivity contribution < 1.29 is 22.4 Å². The minimum Gasteiger partial charge on any atom is -0.451 e. The van der Waals surface area contributed by atoms with E-state index in [2.05, 4.69) is 9.97 Å². The van der Waals surface area contributed by atoms with E-state index in [-0.39, 0.29) is 29.6 Å². The second-order valence-corrected chi connectivity index (χ2v) is 5.40. The van der Waals surface area contributed by atoms with Gasteiger partial charge in [-0.15, -0.1) is 0 Å². The van der Waals surface area contributed by atoms with Crippen LogP contribution >= 0.6 is 0 Å². The van der Waals surface area contributed by atoms with Gasteiger partial charge < -0.3 is 13.7 Å². The number of hydrogen-bond donors (Lipinski definition) is 0. The Morgan fingerprint density at radius 1 is 1.21 bits per heavy atom. The fourth-order valence-electron chi connectivity index (χ4n) is 2.65. The Kier molecular flexibility index (Phi) is 3.37. The first-order valence-corrected chi connectivity index (χ1v) is 7.22. The first-order chi connectivity index (χ1) is 11.6. The van der Waals surface area contributed by atoms with E-state index in [1.807, 2.05) is 0 Å². The number of halogens is 2. The Morgan fingerprint density at radius 2 is 2.00 bits per heavy atom. The van der Waals surface area contributed by atoms with Crippen LogP contribution in [0, 0.1) is 11.6 Å². The van der Waals surface area contributed by atoms with E-state index in [0.29, 0.717) is 24.4 Å². The Labute approximate surface area is 134 Å². The quantitative estimate of drug-likeness (QED) is 0.722. The molecule has 0 atom stereocenters. The van der Waals surface area contributed by atoms with E-state index in [1.54, 1.807) is 4.90 Å². The van der Waals surface area contributed by atoms with Crippen molar-refractivity contribution in [2.24, 2.45) is 0 Å². The van der Waals surface area contributed by atoms with Crippen molar-refractivity contribution in [3.05, 3.63) is 59.6 Å². The molecular weight excluding hydrogens is 320 g/mol. The molecule has 0 bridgehead atoms. The first kappa shape index (κ1) is 14.6. The molecule has 3 aromatic rings. The fraction of sp³-hybridized carbons (Fsp3) is 0.188. The zero-order valence-corrected chi connectivity index (χ0v) is 12.3. The van der Waals surface area contributed by atoms with E-state index in [0.717, 1.165) is 18.2 Å². The third-order valence-electron chi connectivity index (χ3n) is 3.78. The minimum atomic E-state index is -0.705. The molecule has 1 aliphatic rings. The van der Waals surface area contributed by atoms with Gasteiger partial charge in [0.15, 0.2) is 12.1 Å². The zero-order valence-electron chi connectivity index (χ0n) is 12.3. The van der Waals surface area contributed by atoms with Gasteiger partial charge in [-0.3, -0.25) is 4.79 Å². The largest absolute Gasteiger partial charge is 0.451 e. The highest BCUT2D eigenvalue weighted by molar-refractivity contribution is 5.92. The normalized spacial score (nSPS) is 13.8. The number of oxazole rings is 2. The van der Waals surface area contributed by atoms with Crippen molar-refractivity contribution in [1.82, 2.24) is 14.9 Å². The molecule has 4 rings (SSSR count). The topological polar surface area (TPSA) is 72.4 Å². The zero-order chi connectivity index (χ0) is 16.7. The number of carbonyl (C=O) groups excluding carboxylic acids is 1. The summed E-state index contributed by atoms with van der Waals surface area (Å²) in [4.78, 5) is 22.0. The molecule has 1 aromatic carbocycles.